The van der Waals surface area contributed by atoms with E-state index >= 15 is 0 Å². The molecule has 0 spiro atoms. The lowest BCUT2D eigenvalue weighted by molar-refractivity contribution is -0.172. The number of hydrogen-bond acceptors (Lipinski definition) is 9. The smallest absolute Gasteiger partial charge is 0.333 e. The Hall–Kier alpha value is -3.39. The first-order valence-corrected chi connectivity index (χ1v) is 9.24. The lowest BCUT2D eigenvalue weighted by Crippen LogP contribution is -2.40. The molecule has 11 heteroatoms. The Morgan fingerprint density at radius 2 is 2.10 bits per heavy atom. The topological polar surface area (TPSA) is 141 Å². The molecule has 1 aliphatic heterocycles. The van der Waals surface area contributed by atoms with Gasteiger partial charge in [0, 0.05) is 20.3 Å². The first-order valence-electron chi connectivity index (χ1n) is 9.24. The molecule has 0 unspecified atom stereocenters. The third-order valence-electron chi connectivity index (χ3n) is 4.80. The lowest BCUT2D eigenvalue weighted by Gasteiger charge is -2.30. The van der Waals surface area contributed by atoms with Gasteiger partial charge < -0.3 is 19.9 Å². The molecule has 0 aliphatic carbocycles. The number of carbonyl (C=O) groups excluding carboxylic acids is 2. The van der Waals surface area contributed by atoms with Crippen molar-refractivity contribution in [2.45, 2.75) is 64.7 Å². The van der Waals surface area contributed by atoms with Crippen LogP contribution < -0.4 is 11.4 Å². The number of nitrogens with zero attached hydrogens (tertiary/aromatic N) is 4. The van der Waals surface area contributed by atoms with Crippen LogP contribution in [0.2, 0.25) is 0 Å². The van der Waals surface area contributed by atoms with E-state index < -0.39 is 41.7 Å². The summed E-state index contributed by atoms with van der Waals surface area (Å²) in [6.45, 7) is 5.87. The molecule has 30 heavy (non-hydrogen) atoms. The minimum Gasteiger partial charge on any atom is -0.458 e. The summed E-state index contributed by atoms with van der Waals surface area (Å²) in [5.41, 5.74) is 4.72. The van der Waals surface area contributed by atoms with E-state index in [1.807, 2.05) is 0 Å². The zero-order valence-corrected chi connectivity index (χ0v) is 17.1. The summed E-state index contributed by atoms with van der Waals surface area (Å²) >= 11 is 0. The zero-order valence-electron chi connectivity index (χ0n) is 17.1. The lowest BCUT2D eigenvalue weighted by atomic mass is 9.98. The Labute approximate surface area is 172 Å². The van der Waals surface area contributed by atoms with Crippen LogP contribution in [-0.2, 0) is 30.3 Å². The summed E-state index contributed by atoms with van der Waals surface area (Å²) in [5.74, 6) is 1.33. The minimum atomic E-state index is -1.03. The van der Waals surface area contributed by atoms with E-state index in [1.165, 1.54) is 29.2 Å². The molecule has 2 N–H and O–H groups in total. The predicted molar refractivity (Wildman–Crippen MR) is 105 cm³/mol. The number of imidazole rings is 1. The van der Waals surface area contributed by atoms with Gasteiger partial charge in [0.1, 0.15) is 23.3 Å². The molecule has 0 amide bonds. The number of carbonyl (C=O) groups is 2. The molecule has 2 aromatic rings. The van der Waals surface area contributed by atoms with Crippen LogP contribution in [0.1, 0.15) is 40.3 Å². The normalized spacial score (nSPS) is 21.4. The van der Waals surface area contributed by atoms with E-state index in [0.29, 0.717) is 5.52 Å². The highest BCUT2D eigenvalue weighted by Gasteiger charge is 2.48. The molecular weight excluding hydrogens is 394 g/mol. The molecule has 0 radical (unpaired) electrons. The molecule has 0 saturated carbocycles. The average molecular weight is 417 g/mol. The van der Waals surface area contributed by atoms with Gasteiger partial charge in [0.25, 0.3) is 0 Å². The van der Waals surface area contributed by atoms with E-state index in [4.69, 9.17) is 26.4 Å². The third-order valence-corrected chi connectivity index (χ3v) is 4.80. The molecule has 3 heterocycles. The maximum atomic E-state index is 13.2. The highest BCUT2D eigenvalue weighted by Crippen LogP contribution is 2.38. The van der Waals surface area contributed by atoms with Crippen LogP contribution in [0.15, 0.2) is 11.0 Å². The Morgan fingerprint density at radius 3 is 2.70 bits per heavy atom. The molecule has 1 aliphatic rings. The van der Waals surface area contributed by atoms with Crippen molar-refractivity contribution in [1.29, 1.82) is 0 Å². The van der Waals surface area contributed by atoms with Crippen molar-refractivity contribution < 1.29 is 23.8 Å². The molecule has 1 saturated heterocycles. The van der Waals surface area contributed by atoms with Crippen LogP contribution in [0.3, 0.4) is 0 Å². The first kappa shape index (κ1) is 21.3. The van der Waals surface area contributed by atoms with Gasteiger partial charge in [-0.15, -0.1) is 6.42 Å². The van der Waals surface area contributed by atoms with Crippen molar-refractivity contribution in [2.75, 3.05) is 5.73 Å². The molecule has 0 aromatic carbocycles. The molecule has 0 bridgehead atoms. The van der Waals surface area contributed by atoms with Gasteiger partial charge in [-0.25, -0.2) is 14.3 Å². The molecule has 2 aromatic heterocycles. The van der Waals surface area contributed by atoms with Gasteiger partial charge in [-0.1, -0.05) is 5.92 Å². The minimum absolute atomic E-state index is 0.0249. The molecule has 1 fully saturated rings. The van der Waals surface area contributed by atoms with Crippen molar-refractivity contribution in [3.63, 3.8) is 0 Å². The Kier molecular flexibility index (Phi) is 5.54. The fourth-order valence-corrected chi connectivity index (χ4v) is 3.61. The summed E-state index contributed by atoms with van der Waals surface area (Å²) in [6.07, 6.45) is 4.46. The summed E-state index contributed by atoms with van der Waals surface area (Å²) in [6, 6.07) is 0. The van der Waals surface area contributed by atoms with Crippen LogP contribution in [0.25, 0.3) is 11.2 Å². The maximum Gasteiger partial charge on any atom is 0.333 e. The van der Waals surface area contributed by atoms with Crippen LogP contribution >= 0.6 is 0 Å². The Morgan fingerprint density at radius 1 is 1.40 bits per heavy atom. The van der Waals surface area contributed by atoms with Crippen molar-refractivity contribution in [3.8, 4) is 12.3 Å². The largest absolute Gasteiger partial charge is 0.458 e. The standard InChI is InChI=1S/C19H23N5O6/c1-6-7-23-12-9-21-17(20)22-15(12)24(18(23)27)16-13(28-10(2)25)8-14(29-16)19(4,5)30-11(3)26/h1,9,13-14,16H,7-8H2,2-5H3,(H2,20,21,22)/t13-,14+,16-/m1/s1. The summed E-state index contributed by atoms with van der Waals surface area (Å²) in [4.78, 5) is 44.4. The number of terminal acetylenes is 1. The van der Waals surface area contributed by atoms with Gasteiger partial charge in [-0.3, -0.25) is 14.2 Å². The highest BCUT2D eigenvalue weighted by atomic mass is 16.6. The van der Waals surface area contributed by atoms with Gasteiger partial charge in [-0.05, 0) is 13.8 Å². The number of anilines is 1. The number of rotatable bonds is 5. The number of fused-ring (bicyclic) bond motifs is 1. The highest BCUT2D eigenvalue weighted by molar-refractivity contribution is 5.72. The quantitative estimate of drug-likeness (QED) is 0.539. The van der Waals surface area contributed by atoms with Gasteiger partial charge in [-0.2, -0.15) is 4.98 Å². The van der Waals surface area contributed by atoms with Crippen LogP contribution in [0, 0.1) is 12.3 Å². The number of nitrogen functional groups attached to an aromatic ring is 1. The second kappa shape index (κ2) is 7.79. The van der Waals surface area contributed by atoms with Crippen molar-refractivity contribution in [2.24, 2.45) is 0 Å². The summed E-state index contributed by atoms with van der Waals surface area (Å²) in [5, 5.41) is 0. The number of aromatic nitrogens is 4. The van der Waals surface area contributed by atoms with E-state index in [0.717, 1.165) is 0 Å². The number of ether oxygens (including phenoxy) is 3. The van der Waals surface area contributed by atoms with Gasteiger partial charge in [0.05, 0.1) is 12.7 Å². The van der Waals surface area contributed by atoms with Crippen LogP contribution in [0.4, 0.5) is 5.95 Å². The van der Waals surface area contributed by atoms with E-state index in [1.54, 1.807) is 13.8 Å². The monoisotopic (exact) mass is 417 g/mol. The average Bonchev–Trinajstić information content (AvgIpc) is 3.13. The van der Waals surface area contributed by atoms with Crippen molar-refractivity contribution in [1.82, 2.24) is 19.1 Å². The van der Waals surface area contributed by atoms with Gasteiger partial charge in [0.2, 0.25) is 5.95 Å². The Balaban J connectivity index is 2.13. The second-order valence-electron chi connectivity index (χ2n) is 7.48. The number of nitrogens with two attached hydrogens (primary N) is 1. The summed E-state index contributed by atoms with van der Waals surface area (Å²) in [7, 11) is 0. The fourth-order valence-electron chi connectivity index (χ4n) is 3.61. The second-order valence-corrected chi connectivity index (χ2v) is 7.48. The Bertz CT molecular complexity index is 1100. The van der Waals surface area contributed by atoms with Crippen molar-refractivity contribution in [3.05, 3.63) is 16.7 Å². The summed E-state index contributed by atoms with van der Waals surface area (Å²) < 4.78 is 19.4. The third kappa shape index (κ3) is 3.86. The first-order chi connectivity index (χ1) is 14.0. The SMILES string of the molecule is C#CCn1c(=O)n([C@@H]2O[C@H](C(C)(C)OC(C)=O)C[C@H]2OC(C)=O)c2nc(N)ncc21. The fraction of sp³-hybridized carbons (Fsp3) is 0.526. The van der Waals surface area contributed by atoms with Gasteiger partial charge >= 0.3 is 17.6 Å². The van der Waals surface area contributed by atoms with E-state index in [9.17, 15) is 14.4 Å². The molecule has 11 nitrogen and oxygen atoms in total. The molecule has 3 rings (SSSR count). The van der Waals surface area contributed by atoms with Crippen LogP contribution in [0.5, 0.6) is 0 Å². The maximum absolute atomic E-state index is 13.2. The van der Waals surface area contributed by atoms with Crippen LogP contribution in [-0.4, -0.2) is 48.8 Å². The molecular formula is C19H23N5O6. The number of hydrogen-bond donors (Lipinski definition) is 1. The number of esters is 2. The predicted octanol–water partition coefficient (Wildman–Crippen LogP) is 0.369. The molecule has 3 atom stereocenters. The van der Waals surface area contributed by atoms with E-state index in [2.05, 4.69) is 15.9 Å². The van der Waals surface area contributed by atoms with Gasteiger partial charge in [0.15, 0.2) is 11.9 Å². The van der Waals surface area contributed by atoms with E-state index in [-0.39, 0.29) is 24.6 Å². The zero-order chi connectivity index (χ0) is 22.2. The molecule has 160 valence electrons. The van der Waals surface area contributed by atoms with Crippen molar-refractivity contribution >= 4 is 29.1 Å².